The maximum Gasteiger partial charge on any atom is 0.234 e. The van der Waals surface area contributed by atoms with Crippen LogP contribution < -0.4 is 14.8 Å². The van der Waals surface area contributed by atoms with Crippen molar-refractivity contribution in [3.8, 4) is 11.5 Å². The number of amides is 1. The van der Waals surface area contributed by atoms with E-state index >= 15 is 0 Å². The Hall–Kier alpha value is -2.53. The fraction of sp³-hybridized carbons (Fsp3) is 0.316. The van der Waals surface area contributed by atoms with E-state index < -0.39 is 0 Å². The Morgan fingerprint density at radius 1 is 1.04 bits per heavy atom. The maximum absolute atomic E-state index is 12.1. The standard InChI is InChI=1S/C19H24N2O3/c1-21(13-15-8-10-17(23-2)11-9-15)14-19(22)20-12-16-6-4-5-7-18(16)24-3/h4-11H,12-14H2,1-3H3,(H,20,22). The van der Waals surface area contributed by atoms with Gasteiger partial charge in [0.05, 0.1) is 20.8 Å². The van der Waals surface area contributed by atoms with Gasteiger partial charge in [-0.2, -0.15) is 0 Å². The van der Waals surface area contributed by atoms with E-state index in [1.807, 2.05) is 60.5 Å². The van der Waals surface area contributed by atoms with Gasteiger partial charge in [-0.25, -0.2) is 0 Å². The van der Waals surface area contributed by atoms with Crippen molar-refractivity contribution in [1.29, 1.82) is 0 Å². The van der Waals surface area contributed by atoms with Crippen LogP contribution in [0.3, 0.4) is 0 Å². The van der Waals surface area contributed by atoms with Crippen molar-refractivity contribution in [2.45, 2.75) is 13.1 Å². The van der Waals surface area contributed by atoms with Crippen LogP contribution in [0.4, 0.5) is 0 Å². The largest absolute Gasteiger partial charge is 0.497 e. The number of likely N-dealkylation sites (N-methyl/N-ethyl adjacent to an activating group) is 1. The van der Waals surface area contributed by atoms with Gasteiger partial charge in [0.15, 0.2) is 0 Å². The Balaban J connectivity index is 1.80. The first-order chi connectivity index (χ1) is 11.6. The molecule has 5 nitrogen and oxygen atoms in total. The summed E-state index contributed by atoms with van der Waals surface area (Å²) >= 11 is 0. The normalized spacial score (nSPS) is 10.5. The first-order valence-electron chi connectivity index (χ1n) is 7.82. The molecule has 24 heavy (non-hydrogen) atoms. The Morgan fingerprint density at radius 2 is 1.75 bits per heavy atom. The second-order valence-electron chi connectivity index (χ2n) is 5.61. The number of nitrogens with zero attached hydrogens (tertiary/aromatic N) is 1. The Bertz CT molecular complexity index is 656. The summed E-state index contributed by atoms with van der Waals surface area (Å²) in [6.45, 7) is 1.49. The van der Waals surface area contributed by atoms with Crippen LogP contribution in [0.2, 0.25) is 0 Å². The fourth-order valence-electron chi connectivity index (χ4n) is 2.44. The fourth-order valence-corrected chi connectivity index (χ4v) is 2.44. The highest BCUT2D eigenvalue weighted by molar-refractivity contribution is 5.78. The molecule has 128 valence electrons. The summed E-state index contributed by atoms with van der Waals surface area (Å²) in [4.78, 5) is 14.1. The number of hydrogen-bond donors (Lipinski definition) is 1. The number of para-hydroxylation sites is 1. The molecule has 1 amide bonds. The zero-order valence-electron chi connectivity index (χ0n) is 14.4. The topological polar surface area (TPSA) is 50.8 Å². The minimum Gasteiger partial charge on any atom is -0.497 e. The van der Waals surface area contributed by atoms with Gasteiger partial charge >= 0.3 is 0 Å². The molecule has 0 heterocycles. The molecule has 0 saturated carbocycles. The van der Waals surface area contributed by atoms with E-state index in [1.54, 1.807) is 14.2 Å². The molecular weight excluding hydrogens is 304 g/mol. The number of hydrogen-bond acceptors (Lipinski definition) is 4. The van der Waals surface area contributed by atoms with Gasteiger partial charge in [0.2, 0.25) is 5.91 Å². The van der Waals surface area contributed by atoms with Crippen molar-refractivity contribution in [3.05, 3.63) is 59.7 Å². The number of carbonyl (C=O) groups is 1. The summed E-state index contributed by atoms with van der Waals surface area (Å²) in [5.41, 5.74) is 2.10. The summed E-state index contributed by atoms with van der Waals surface area (Å²) in [5, 5.41) is 2.93. The predicted molar refractivity (Wildman–Crippen MR) is 94.2 cm³/mol. The van der Waals surface area contributed by atoms with Crippen LogP contribution in [0.25, 0.3) is 0 Å². The van der Waals surface area contributed by atoms with Gasteiger partial charge in [0.1, 0.15) is 11.5 Å². The van der Waals surface area contributed by atoms with E-state index in [9.17, 15) is 4.79 Å². The minimum absolute atomic E-state index is 0.0167. The highest BCUT2D eigenvalue weighted by atomic mass is 16.5. The molecule has 0 unspecified atom stereocenters. The van der Waals surface area contributed by atoms with Gasteiger partial charge in [0, 0.05) is 18.7 Å². The third-order valence-corrected chi connectivity index (χ3v) is 3.69. The van der Waals surface area contributed by atoms with E-state index in [0.717, 1.165) is 22.6 Å². The average molecular weight is 328 g/mol. The van der Waals surface area contributed by atoms with Crippen molar-refractivity contribution >= 4 is 5.91 Å². The first kappa shape index (κ1) is 17.8. The lowest BCUT2D eigenvalue weighted by molar-refractivity contribution is -0.122. The highest BCUT2D eigenvalue weighted by Crippen LogP contribution is 2.16. The van der Waals surface area contributed by atoms with Crippen LogP contribution in [0, 0.1) is 0 Å². The van der Waals surface area contributed by atoms with Crippen molar-refractivity contribution in [3.63, 3.8) is 0 Å². The molecule has 0 aliphatic rings. The number of ether oxygens (including phenoxy) is 2. The van der Waals surface area contributed by atoms with E-state index in [2.05, 4.69) is 5.32 Å². The smallest absolute Gasteiger partial charge is 0.234 e. The van der Waals surface area contributed by atoms with Gasteiger partial charge in [-0.3, -0.25) is 9.69 Å². The summed E-state index contributed by atoms with van der Waals surface area (Å²) in [6.07, 6.45) is 0. The van der Waals surface area contributed by atoms with Gasteiger partial charge in [0.25, 0.3) is 0 Å². The SMILES string of the molecule is COc1ccc(CN(C)CC(=O)NCc2ccccc2OC)cc1. The zero-order chi connectivity index (χ0) is 17.4. The molecule has 0 radical (unpaired) electrons. The van der Waals surface area contributed by atoms with E-state index in [0.29, 0.717) is 19.6 Å². The van der Waals surface area contributed by atoms with Gasteiger partial charge < -0.3 is 14.8 Å². The number of carbonyl (C=O) groups excluding carboxylic acids is 1. The second-order valence-corrected chi connectivity index (χ2v) is 5.61. The van der Waals surface area contributed by atoms with Crippen molar-refractivity contribution in [1.82, 2.24) is 10.2 Å². The van der Waals surface area contributed by atoms with Crippen LogP contribution in [-0.4, -0.2) is 38.6 Å². The first-order valence-corrected chi connectivity index (χ1v) is 7.82. The Kier molecular flexibility index (Phi) is 6.63. The summed E-state index contributed by atoms with van der Waals surface area (Å²) in [5.74, 6) is 1.59. The van der Waals surface area contributed by atoms with Gasteiger partial charge in [-0.05, 0) is 30.8 Å². The van der Waals surface area contributed by atoms with E-state index in [4.69, 9.17) is 9.47 Å². The Labute approximate surface area is 143 Å². The molecule has 0 aromatic heterocycles. The minimum atomic E-state index is -0.0167. The highest BCUT2D eigenvalue weighted by Gasteiger charge is 2.08. The predicted octanol–water partition coefficient (Wildman–Crippen LogP) is 2.45. The lowest BCUT2D eigenvalue weighted by Crippen LogP contribution is -2.34. The van der Waals surface area contributed by atoms with Crippen molar-refractivity contribution in [2.75, 3.05) is 27.8 Å². The zero-order valence-corrected chi connectivity index (χ0v) is 14.4. The number of methoxy groups -OCH3 is 2. The molecule has 0 saturated heterocycles. The molecule has 0 aliphatic heterocycles. The van der Waals surface area contributed by atoms with E-state index in [1.165, 1.54) is 0 Å². The van der Waals surface area contributed by atoms with Gasteiger partial charge in [-0.1, -0.05) is 30.3 Å². The van der Waals surface area contributed by atoms with Crippen LogP contribution in [0.5, 0.6) is 11.5 Å². The number of nitrogens with one attached hydrogen (secondary N) is 1. The average Bonchev–Trinajstić information content (AvgIpc) is 2.60. The molecule has 2 rings (SSSR count). The summed E-state index contributed by atoms with van der Waals surface area (Å²) in [6, 6.07) is 15.5. The second kappa shape index (κ2) is 8.93. The number of rotatable bonds is 8. The number of benzene rings is 2. The van der Waals surface area contributed by atoms with Crippen LogP contribution >= 0.6 is 0 Å². The lowest BCUT2D eigenvalue weighted by atomic mass is 10.2. The molecule has 5 heteroatoms. The summed E-state index contributed by atoms with van der Waals surface area (Å²) in [7, 11) is 5.20. The molecule has 0 aliphatic carbocycles. The molecule has 0 fully saturated rings. The molecule has 2 aromatic rings. The molecule has 1 N–H and O–H groups in total. The third-order valence-electron chi connectivity index (χ3n) is 3.69. The maximum atomic E-state index is 12.1. The quantitative estimate of drug-likeness (QED) is 0.809. The van der Waals surface area contributed by atoms with E-state index in [-0.39, 0.29) is 5.91 Å². The monoisotopic (exact) mass is 328 g/mol. The lowest BCUT2D eigenvalue weighted by Gasteiger charge is -2.17. The summed E-state index contributed by atoms with van der Waals surface area (Å²) < 4.78 is 10.4. The van der Waals surface area contributed by atoms with Crippen LogP contribution in [-0.2, 0) is 17.9 Å². The van der Waals surface area contributed by atoms with Gasteiger partial charge in [-0.15, -0.1) is 0 Å². The molecule has 0 spiro atoms. The molecule has 0 bridgehead atoms. The third kappa shape index (κ3) is 5.28. The van der Waals surface area contributed by atoms with Crippen molar-refractivity contribution in [2.24, 2.45) is 0 Å². The Morgan fingerprint density at radius 3 is 2.42 bits per heavy atom. The van der Waals surface area contributed by atoms with Crippen molar-refractivity contribution < 1.29 is 14.3 Å². The molecule has 2 aromatic carbocycles. The van der Waals surface area contributed by atoms with Crippen LogP contribution in [0.1, 0.15) is 11.1 Å². The van der Waals surface area contributed by atoms with Crippen LogP contribution in [0.15, 0.2) is 48.5 Å². The molecular formula is C19H24N2O3. The molecule has 0 atom stereocenters.